The lowest BCUT2D eigenvalue weighted by atomic mass is 9.94. The van der Waals surface area contributed by atoms with Crippen molar-refractivity contribution in [2.24, 2.45) is 5.73 Å². The van der Waals surface area contributed by atoms with Crippen LogP contribution in [0.2, 0.25) is 0 Å². The first-order valence-electron chi connectivity index (χ1n) is 7.18. The van der Waals surface area contributed by atoms with Crippen molar-refractivity contribution in [1.82, 2.24) is 4.90 Å². The number of ether oxygens (including phenoxy) is 1. The summed E-state index contributed by atoms with van der Waals surface area (Å²) in [5, 5.41) is 0. The predicted octanol–water partition coefficient (Wildman–Crippen LogP) is 2.32. The van der Waals surface area contributed by atoms with Crippen LogP contribution in [0.4, 0.5) is 0 Å². The van der Waals surface area contributed by atoms with Gasteiger partial charge in [0.2, 0.25) is 5.91 Å². The second kappa shape index (κ2) is 6.27. The van der Waals surface area contributed by atoms with Crippen molar-refractivity contribution in [1.29, 1.82) is 0 Å². The molecule has 1 aliphatic rings. The SMILES string of the molecule is COc1cccc(CN(C)C(=O)CC2(N)CCCC2)c1. The van der Waals surface area contributed by atoms with E-state index in [1.54, 1.807) is 12.0 Å². The zero-order chi connectivity index (χ0) is 14.6. The molecule has 4 nitrogen and oxygen atoms in total. The monoisotopic (exact) mass is 276 g/mol. The Hall–Kier alpha value is -1.55. The van der Waals surface area contributed by atoms with Crippen LogP contribution in [0.25, 0.3) is 0 Å². The maximum Gasteiger partial charge on any atom is 0.224 e. The van der Waals surface area contributed by atoms with Gasteiger partial charge in [-0.2, -0.15) is 0 Å². The molecule has 4 heteroatoms. The Morgan fingerprint density at radius 1 is 1.40 bits per heavy atom. The van der Waals surface area contributed by atoms with Crippen LogP contribution in [0.1, 0.15) is 37.7 Å². The summed E-state index contributed by atoms with van der Waals surface area (Å²) in [5.41, 5.74) is 7.06. The molecular weight excluding hydrogens is 252 g/mol. The molecule has 110 valence electrons. The van der Waals surface area contributed by atoms with Crippen LogP contribution in [0.15, 0.2) is 24.3 Å². The number of rotatable bonds is 5. The molecule has 1 aliphatic carbocycles. The standard InChI is InChI=1S/C16H24N2O2/c1-18(12-13-6-5-7-14(10-13)20-2)15(19)11-16(17)8-3-4-9-16/h5-7,10H,3-4,8-9,11-12,17H2,1-2H3. The van der Waals surface area contributed by atoms with E-state index in [0.29, 0.717) is 13.0 Å². The number of hydrogen-bond donors (Lipinski definition) is 1. The number of nitrogens with zero attached hydrogens (tertiary/aromatic N) is 1. The van der Waals surface area contributed by atoms with E-state index < -0.39 is 0 Å². The largest absolute Gasteiger partial charge is 0.497 e. The third-order valence-corrected chi connectivity index (χ3v) is 4.08. The van der Waals surface area contributed by atoms with Crippen molar-refractivity contribution in [3.8, 4) is 5.75 Å². The van der Waals surface area contributed by atoms with Gasteiger partial charge in [-0.1, -0.05) is 25.0 Å². The molecule has 0 aromatic heterocycles. The lowest BCUT2D eigenvalue weighted by Crippen LogP contribution is -2.42. The normalized spacial score (nSPS) is 16.9. The van der Waals surface area contributed by atoms with Crippen LogP contribution < -0.4 is 10.5 Å². The van der Waals surface area contributed by atoms with Crippen LogP contribution in [-0.2, 0) is 11.3 Å². The van der Waals surface area contributed by atoms with Gasteiger partial charge in [-0.3, -0.25) is 4.79 Å². The summed E-state index contributed by atoms with van der Waals surface area (Å²) in [6.07, 6.45) is 4.66. The lowest BCUT2D eigenvalue weighted by molar-refractivity contribution is -0.131. The molecular formula is C16H24N2O2. The van der Waals surface area contributed by atoms with Crippen LogP contribution in [0.5, 0.6) is 5.75 Å². The summed E-state index contributed by atoms with van der Waals surface area (Å²) >= 11 is 0. The average Bonchev–Trinajstić information content (AvgIpc) is 2.85. The molecule has 0 bridgehead atoms. The molecule has 1 fully saturated rings. The minimum Gasteiger partial charge on any atom is -0.497 e. The molecule has 0 atom stereocenters. The van der Waals surface area contributed by atoms with Crippen molar-refractivity contribution in [3.63, 3.8) is 0 Å². The summed E-state index contributed by atoms with van der Waals surface area (Å²) in [6, 6.07) is 7.80. The van der Waals surface area contributed by atoms with E-state index in [1.165, 1.54) is 0 Å². The number of benzene rings is 1. The van der Waals surface area contributed by atoms with Gasteiger partial charge in [0.25, 0.3) is 0 Å². The van der Waals surface area contributed by atoms with Gasteiger partial charge in [0.05, 0.1) is 7.11 Å². The van der Waals surface area contributed by atoms with Gasteiger partial charge in [0.15, 0.2) is 0 Å². The highest BCUT2D eigenvalue weighted by Crippen LogP contribution is 2.30. The van der Waals surface area contributed by atoms with Gasteiger partial charge in [-0.05, 0) is 30.5 Å². The van der Waals surface area contributed by atoms with E-state index in [1.807, 2.05) is 31.3 Å². The molecule has 1 amide bonds. The molecule has 20 heavy (non-hydrogen) atoms. The molecule has 0 heterocycles. The summed E-state index contributed by atoms with van der Waals surface area (Å²) in [7, 11) is 3.48. The predicted molar refractivity (Wildman–Crippen MR) is 79.5 cm³/mol. The fraction of sp³-hybridized carbons (Fsp3) is 0.562. The fourth-order valence-electron chi connectivity index (χ4n) is 2.82. The van der Waals surface area contributed by atoms with Gasteiger partial charge in [-0.25, -0.2) is 0 Å². The Labute approximate surface area is 120 Å². The highest BCUT2D eigenvalue weighted by molar-refractivity contribution is 5.77. The number of nitrogens with two attached hydrogens (primary N) is 1. The Morgan fingerprint density at radius 3 is 2.75 bits per heavy atom. The zero-order valence-electron chi connectivity index (χ0n) is 12.4. The van der Waals surface area contributed by atoms with Crippen molar-refractivity contribution >= 4 is 5.91 Å². The molecule has 2 N–H and O–H groups in total. The Kier molecular flexibility index (Phi) is 4.65. The summed E-state index contributed by atoms with van der Waals surface area (Å²) in [4.78, 5) is 14.0. The number of hydrogen-bond acceptors (Lipinski definition) is 3. The van der Waals surface area contributed by atoms with Crippen molar-refractivity contribution < 1.29 is 9.53 Å². The molecule has 0 aliphatic heterocycles. The molecule has 1 saturated carbocycles. The molecule has 0 spiro atoms. The smallest absolute Gasteiger partial charge is 0.224 e. The van der Waals surface area contributed by atoms with Crippen LogP contribution in [-0.4, -0.2) is 30.5 Å². The van der Waals surface area contributed by atoms with Gasteiger partial charge < -0.3 is 15.4 Å². The van der Waals surface area contributed by atoms with Gasteiger partial charge in [-0.15, -0.1) is 0 Å². The van der Waals surface area contributed by atoms with Gasteiger partial charge in [0.1, 0.15) is 5.75 Å². The van der Waals surface area contributed by atoms with Crippen LogP contribution in [0.3, 0.4) is 0 Å². The van der Waals surface area contributed by atoms with Gasteiger partial charge in [0, 0.05) is 25.6 Å². The summed E-state index contributed by atoms with van der Waals surface area (Å²) < 4.78 is 5.20. The highest BCUT2D eigenvalue weighted by Gasteiger charge is 2.32. The third kappa shape index (κ3) is 3.73. The van der Waals surface area contributed by atoms with E-state index in [0.717, 1.165) is 37.0 Å². The van der Waals surface area contributed by atoms with Crippen LogP contribution >= 0.6 is 0 Å². The molecule has 0 unspecified atom stereocenters. The van der Waals surface area contributed by atoms with Crippen molar-refractivity contribution in [2.45, 2.75) is 44.2 Å². The van der Waals surface area contributed by atoms with E-state index in [-0.39, 0.29) is 11.4 Å². The number of carbonyl (C=O) groups is 1. The first-order chi connectivity index (χ1) is 9.52. The topological polar surface area (TPSA) is 55.6 Å². The van der Waals surface area contributed by atoms with Crippen LogP contribution in [0, 0.1) is 0 Å². The highest BCUT2D eigenvalue weighted by atomic mass is 16.5. The minimum atomic E-state index is -0.278. The number of methoxy groups -OCH3 is 1. The van der Waals surface area contributed by atoms with E-state index in [9.17, 15) is 4.79 Å². The molecule has 0 radical (unpaired) electrons. The zero-order valence-corrected chi connectivity index (χ0v) is 12.4. The average molecular weight is 276 g/mol. The second-order valence-electron chi connectivity index (χ2n) is 5.85. The first-order valence-corrected chi connectivity index (χ1v) is 7.18. The summed E-state index contributed by atoms with van der Waals surface area (Å²) in [5.74, 6) is 0.937. The summed E-state index contributed by atoms with van der Waals surface area (Å²) in [6.45, 7) is 0.589. The fourth-order valence-corrected chi connectivity index (χ4v) is 2.82. The third-order valence-electron chi connectivity index (χ3n) is 4.08. The van der Waals surface area contributed by atoms with E-state index in [4.69, 9.17) is 10.5 Å². The van der Waals surface area contributed by atoms with Gasteiger partial charge >= 0.3 is 0 Å². The quantitative estimate of drug-likeness (QED) is 0.898. The van der Waals surface area contributed by atoms with Crippen molar-refractivity contribution in [2.75, 3.05) is 14.2 Å². The number of amides is 1. The Balaban J connectivity index is 1.93. The minimum absolute atomic E-state index is 0.122. The molecule has 0 saturated heterocycles. The first kappa shape index (κ1) is 14.9. The molecule has 2 rings (SSSR count). The number of carbonyl (C=O) groups excluding carboxylic acids is 1. The Bertz CT molecular complexity index is 467. The maximum atomic E-state index is 12.3. The second-order valence-corrected chi connectivity index (χ2v) is 5.85. The maximum absolute atomic E-state index is 12.3. The van der Waals surface area contributed by atoms with E-state index >= 15 is 0 Å². The Morgan fingerprint density at radius 2 is 2.10 bits per heavy atom. The lowest BCUT2D eigenvalue weighted by Gasteiger charge is -2.26. The van der Waals surface area contributed by atoms with Crippen molar-refractivity contribution in [3.05, 3.63) is 29.8 Å². The molecule has 1 aromatic rings. The molecule has 1 aromatic carbocycles. The van der Waals surface area contributed by atoms with E-state index in [2.05, 4.69) is 0 Å².